The lowest BCUT2D eigenvalue weighted by atomic mass is 10.3. The van der Waals surface area contributed by atoms with Gasteiger partial charge in [0.15, 0.2) is 0 Å². The van der Waals surface area contributed by atoms with Crippen LogP contribution in [0.2, 0.25) is 0 Å². The van der Waals surface area contributed by atoms with Gasteiger partial charge in [-0.15, -0.1) is 11.3 Å². The van der Waals surface area contributed by atoms with Crippen LogP contribution in [0.3, 0.4) is 0 Å². The summed E-state index contributed by atoms with van der Waals surface area (Å²) in [6.07, 6.45) is 0.843. The van der Waals surface area contributed by atoms with Gasteiger partial charge in [-0.25, -0.2) is 4.98 Å². The molecule has 0 spiro atoms. The van der Waals surface area contributed by atoms with Gasteiger partial charge < -0.3 is 14.8 Å². The Morgan fingerprint density at radius 1 is 1.44 bits per heavy atom. The number of hydrogen-bond acceptors (Lipinski definition) is 4. The molecule has 0 saturated heterocycles. The van der Waals surface area contributed by atoms with E-state index in [9.17, 15) is 9.90 Å². The van der Waals surface area contributed by atoms with Crippen molar-refractivity contribution in [3.8, 4) is 0 Å². The number of hydrogen-bond donors (Lipinski definition) is 1. The van der Waals surface area contributed by atoms with E-state index in [0.717, 1.165) is 31.1 Å². The molecule has 0 atom stereocenters. The molecule has 0 fully saturated rings. The zero-order valence-electron chi connectivity index (χ0n) is 10.0. The van der Waals surface area contributed by atoms with Gasteiger partial charge in [0.2, 0.25) is 0 Å². The van der Waals surface area contributed by atoms with E-state index >= 15 is 0 Å². The molecule has 1 aromatic rings. The van der Waals surface area contributed by atoms with Crippen molar-refractivity contribution in [1.82, 2.24) is 4.98 Å². The van der Waals surface area contributed by atoms with Crippen molar-refractivity contribution in [2.45, 2.75) is 27.2 Å². The first-order valence-corrected chi connectivity index (χ1v) is 6.41. The molecule has 1 N–H and O–H groups in total. The molecular formula is C11H18N2O2S. The summed E-state index contributed by atoms with van der Waals surface area (Å²) in [6.45, 7) is 9.21. The molecule has 1 rings (SSSR count). The average Bonchev–Trinajstić information content (AvgIpc) is 2.61. The van der Waals surface area contributed by atoms with Crippen LogP contribution in [-0.4, -0.2) is 30.6 Å². The fourth-order valence-corrected chi connectivity index (χ4v) is 2.53. The fraction of sp³-hybridized carbons (Fsp3) is 0.636. The van der Waals surface area contributed by atoms with Crippen molar-refractivity contribution in [2.24, 2.45) is 0 Å². The summed E-state index contributed by atoms with van der Waals surface area (Å²) in [5, 5.41) is 11.6. The molecule has 0 amide bonds. The summed E-state index contributed by atoms with van der Waals surface area (Å²) in [5.74, 6) is -1.11. The van der Waals surface area contributed by atoms with Gasteiger partial charge in [0.05, 0.1) is 41.2 Å². The minimum Gasteiger partial charge on any atom is -0.544 e. The molecule has 1 heterocycles. The zero-order chi connectivity index (χ0) is 12.1. The van der Waals surface area contributed by atoms with Crippen LogP contribution in [0.15, 0.2) is 0 Å². The Labute approximate surface area is 99.9 Å². The van der Waals surface area contributed by atoms with Gasteiger partial charge in [0, 0.05) is 6.42 Å². The van der Waals surface area contributed by atoms with E-state index in [1.807, 2.05) is 0 Å². The minimum atomic E-state index is -1.11. The molecule has 1 aromatic heterocycles. The van der Waals surface area contributed by atoms with Gasteiger partial charge >= 0.3 is 0 Å². The van der Waals surface area contributed by atoms with Crippen molar-refractivity contribution in [1.29, 1.82) is 0 Å². The number of carboxylic acid groups (broad SMARTS) is 1. The highest BCUT2D eigenvalue weighted by molar-refractivity contribution is 7.13. The first-order chi connectivity index (χ1) is 7.58. The maximum absolute atomic E-state index is 10.7. The molecule has 0 aliphatic rings. The van der Waals surface area contributed by atoms with Gasteiger partial charge in [-0.05, 0) is 20.8 Å². The maximum Gasteiger partial charge on any atom is 0.0991 e. The molecular weight excluding hydrogens is 224 g/mol. The van der Waals surface area contributed by atoms with Crippen LogP contribution < -0.4 is 10.0 Å². The van der Waals surface area contributed by atoms with Crippen LogP contribution in [-0.2, 0) is 6.42 Å². The average molecular weight is 242 g/mol. The van der Waals surface area contributed by atoms with Gasteiger partial charge in [-0.1, -0.05) is 0 Å². The van der Waals surface area contributed by atoms with Crippen LogP contribution in [0.4, 0.5) is 0 Å². The molecule has 0 aliphatic heterocycles. The zero-order valence-corrected chi connectivity index (χ0v) is 10.8. The van der Waals surface area contributed by atoms with E-state index in [-0.39, 0.29) is 4.88 Å². The molecule has 0 aromatic carbocycles. The highest BCUT2D eigenvalue weighted by atomic mass is 32.1. The van der Waals surface area contributed by atoms with E-state index < -0.39 is 5.97 Å². The Bertz CT molecular complexity index is 359. The Kier molecular flexibility index (Phi) is 4.89. The summed E-state index contributed by atoms with van der Waals surface area (Å²) < 4.78 is 0. The standard InChI is InChI=1S/C11H18N2O2S/c1-4-13(5-2)7-6-9-12-8(3)10(16-9)11(14)15/h4-7H2,1-3H3,(H,14,15). The number of thiazole rings is 1. The third-order valence-electron chi connectivity index (χ3n) is 2.72. The van der Waals surface area contributed by atoms with E-state index in [2.05, 4.69) is 18.8 Å². The van der Waals surface area contributed by atoms with Gasteiger partial charge in [0.25, 0.3) is 0 Å². The number of nitrogens with one attached hydrogen (secondary N) is 1. The minimum absolute atomic E-state index is 0.268. The third kappa shape index (κ3) is 3.28. The van der Waals surface area contributed by atoms with Gasteiger partial charge in [-0.3, -0.25) is 0 Å². The predicted molar refractivity (Wildman–Crippen MR) is 61.8 cm³/mol. The van der Waals surface area contributed by atoms with Crippen molar-refractivity contribution in [2.75, 3.05) is 19.6 Å². The lowest BCUT2D eigenvalue weighted by molar-refractivity contribution is -0.896. The monoisotopic (exact) mass is 242 g/mol. The number of aromatic carboxylic acids is 1. The van der Waals surface area contributed by atoms with Gasteiger partial charge in [0.1, 0.15) is 0 Å². The van der Waals surface area contributed by atoms with Crippen LogP contribution in [0, 0.1) is 6.92 Å². The van der Waals surface area contributed by atoms with Crippen LogP contribution in [0.5, 0.6) is 0 Å². The van der Waals surface area contributed by atoms with E-state index in [0.29, 0.717) is 5.69 Å². The summed E-state index contributed by atoms with van der Waals surface area (Å²) in [4.78, 5) is 16.8. The topological polar surface area (TPSA) is 57.5 Å². The Morgan fingerprint density at radius 3 is 2.50 bits per heavy atom. The first kappa shape index (κ1) is 13.1. The predicted octanol–water partition coefficient (Wildman–Crippen LogP) is -0.718. The summed E-state index contributed by atoms with van der Waals surface area (Å²) in [5.41, 5.74) is 0.578. The summed E-state index contributed by atoms with van der Waals surface area (Å²) in [7, 11) is 0. The Balaban J connectivity index is 2.61. The van der Waals surface area contributed by atoms with Crippen LogP contribution in [0.25, 0.3) is 0 Å². The number of aryl methyl sites for hydroxylation is 1. The molecule has 90 valence electrons. The number of carbonyl (C=O) groups excluding carboxylic acids is 1. The summed E-state index contributed by atoms with van der Waals surface area (Å²) >= 11 is 1.24. The molecule has 5 heteroatoms. The van der Waals surface area contributed by atoms with E-state index in [4.69, 9.17) is 0 Å². The second kappa shape index (κ2) is 5.96. The number of rotatable bonds is 6. The third-order valence-corrected chi connectivity index (χ3v) is 3.92. The number of likely N-dealkylation sites (N-methyl/N-ethyl adjacent to an activating group) is 1. The largest absolute Gasteiger partial charge is 0.544 e. The molecule has 4 nitrogen and oxygen atoms in total. The maximum atomic E-state index is 10.7. The SMILES string of the molecule is CC[NH+](CC)CCc1nc(C)c(C(=O)[O-])s1. The molecule has 0 bridgehead atoms. The molecule has 16 heavy (non-hydrogen) atoms. The quantitative estimate of drug-likeness (QED) is 0.716. The first-order valence-electron chi connectivity index (χ1n) is 5.59. The summed E-state index contributed by atoms with van der Waals surface area (Å²) in [6, 6.07) is 0. The lowest BCUT2D eigenvalue weighted by Gasteiger charge is -2.13. The van der Waals surface area contributed by atoms with E-state index in [1.165, 1.54) is 16.2 Å². The number of aromatic nitrogens is 1. The fourth-order valence-electron chi connectivity index (χ4n) is 1.64. The lowest BCUT2D eigenvalue weighted by Crippen LogP contribution is -3.11. The number of carbonyl (C=O) groups is 1. The Morgan fingerprint density at radius 2 is 2.06 bits per heavy atom. The van der Waals surface area contributed by atoms with Gasteiger partial charge in [-0.2, -0.15) is 0 Å². The normalized spacial score (nSPS) is 11.0. The van der Waals surface area contributed by atoms with Crippen LogP contribution in [0.1, 0.15) is 34.2 Å². The van der Waals surface area contributed by atoms with Crippen LogP contribution >= 0.6 is 11.3 Å². The second-order valence-electron chi connectivity index (χ2n) is 3.77. The van der Waals surface area contributed by atoms with Crippen molar-refractivity contribution in [3.05, 3.63) is 15.6 Å². The van der Waals surface area contributed by atoms with Crippen molar-refractivity contribution < 1.29 is 14.8 Å². The van der Waals surface area contributed by atoms with Crippen molar-refractivity contribution in [3.63, 3.8) is 0 Å². The molecule has 0 aliphatic carbocycles. The number of quaternary nitrogens is 1. The Hall–Kier alpha value is -0.940. The van der Waals surface area contributed by atoms with Crippen molar-refractivity contribution >= 4 is 17.3 Å². The molecule has 0 unspecified atom stereocenters. The second-order valence-corrected chi connectivity index (χ2v) is 4.85. The smallest absolute Gasteiger partial charge is 0.0991 e. The highest BCUT2D eigenvalue weighted by Gasteiger charge is 2.10. The highest BCUT2D eigenvalue weighted by Crippen LogP contribution is 2.16. The van der Waals surface area contributed by atoms with E-state index in [1.54, 1.807) is 6.92 Å². The molecule has 0 saturated carbocycles. The number of nitrogens with zero attached hydrogens (tertiary/aromatic N) is 1. The number of carboxylic acids is 1. The molecule has 0 radical (unpaired) electrons.